The van der Waals surface area contributed by atoms with E-state index < -0.39 is 60.1 Å². The van der Waals surface area contributed by atoms with Crippen molar-refractivity contribution in [2.45, 2.75) is 335 Å². The summed E-state index contributed by atoms with van der Waals surface area (Å²) in [6, 6.07) is 0. The maximum Gasteiger partial charge on any atom is 0.250 e. The van der Waals surface area contributed by atoms with Crippen LogP contribution in [-0.4, -0.2) is 192 Å². The fourth-order valence-corrected chi connectivity index (χ4v) is 11.4. The molecular formula is C71H142N8O10. The lowest BCUT2D eigenvalue weighted by Crippen LogP contribution is -2.49. The lowest BCUT2D eigenvalue weighted by atomic mass is 10.1. The molecule has 10 N–H and O–H groups in total. The minimum absolute atomic E-state index is 0.0235. The highest BCUT2D eigenvalue weighted by molar-refractivity contribution is 5.82. The van der Waals surface area contributed by atoms with Gasteiger partial charge in [-0.15, -0.1) is 0 Å². The van der Waals surface area contributed by atoms with Gasteiger partial charge in [-0.1, -0.05) is 259 Å². The van der Waals surface area contributed by atoms with E-state index in [4.69, 9.17) is 0 Å². The second-order valence-electron chi connectivity index (χ2n) is 25.9. The third kappa shape index (κ3) is 54.2. The molecule has 0 aromatic rings. The molecule has 5 atom stereocenters. The molecule has 5 unspecified atom stereocenters. The van der Waals surface area contributed by atoms with Gasteiger partial charge in [0.2, 0.25) is 29.5 Å². The van der Waals surface area contributed by atoms with Gasteiger partial charge in [-0.25, -0.2) is 0 Å². The Morgan fingerprint density at radius 3 is 0.551 bits per heavy atom. The number of carbonyl (C=O) groups excluding carboxylic acids is 5. The average Bonchev–Trinajstić information content (AvgIpc) is 3.73. The highest BCUT2D eigenvalue weighted by atomic mass is 16.3. The Kier molecular flexibility index (Phi) is 61.6. The van der Waals surface area contributed by atoms with Crippen LogP contribution in [0.15, 0.2) is 0 Å². The van der Waals surface area contributed by atoms with Crippen molar-refractivity contribution < 1.29 is 49.5 Å². The molecule has 0 radical (unpaired) electrons. The van der Waals surface area contributed by atoms with Gasteiger partial charge in [0, 0.05) is 65.4 Å². The van der Waals surface area contributed by atoms with Crippen molar-refractivity contribution in [3.8, 4) is 0 Å². The highest BCUT2D eigenvalue weighted by Gasteiger charge is 2.27. The summed E-state index contributed by atoms with van der Waals surface area (Å²) < 4.78 is 0. The number of hydrogen-bond donors (Lipinski definition) is 10. The van der Waals surface area contributed by atoms with Gasteiger partial charge in [-0.05, 0) is 71.1 Å². The first-order valence-electron chi connectivity index (χ1n) is 37.2. The highest BCUT2D eigenvalue weighted by Crippen LogP contribution is 2.14. The summed E-state index contributed by atoms with van der Waals surface area (Å²) in [5, 5.41) is 70.9. The van der Waals surface area contributed by atoms with Crippen LogP contribution in [0.5, 0.6) is 0 Å². The first-order chi connectivity index (χ1) is 43.2. The average molecular weight is 1270 g/mol. The molecule has 0 fully saturated rings. The zero-order valence-electron chi connectivity index (χ0n) is 58.1. The number of nitrogens with one attached hydrogen (secondary N) is 5. The van der Waals surface area contributed by atoms with E-state index in [1.165, 1.54) is 128 Å². The topological polar surface area (TPSA) is 256 Å². The predicted octanol–water partition coefficient (Wildman–Crippen LogP) is 10.8. The Bertz CT molecular complexity index is 1460. The van der Waals surface area contributed by atoms with Gasteiger partial charge in [0.05, 0.1) is 0 Å². The number of rotatable bonds is 68. The summed E-state index contributed by atoms with van der Waals surface area (Å²) >= 11 is 0. The largest absolute Gasteiger partial charge is 0.382 e. The number of hydrogen-bond acceptors (Lipinski definition) is 13. The predicted molar refractivity (Wildman–Crippen MR) is 367 cm³/mol. The lowest BCUT2D eigenvalue weighted by molar-refractivity contribution is -0.133. The second kappa shape index (κ2) is 63.8. The van der Waals surface area contributed by atoms with Gasteiger partial charge in [0.25, 0.3) is 0 Å². The van der Waals surface area contributed by atoms with Crippen LogP contribution >= 0.6 is 0 Å². The quantitative estimate of drug-likeness (QED) is 0.0255. The van der Waals surface area contributed by atoms with Crippen molar-refractivity contribution >= 4 is 29.5 Å². The van der Waals surface area contributed by atoms with Crippen LogP contribution in [-0.2, 0) is 24.0 Å². The first-order valence-corrected chi connectivity index (χ1v) is 37.2. The van der Waals surface area contributed by atoms with Gasteiger partial charge in [0.15, 0.2) is 0 Å². The van der Waals surface area contributed by atoms with E-state index >= 15 is 0 Å². The number of aliphatic hydroxyl groups excluding tert-OH is 5. The maximum absolute atomic E-state index is 13.4. The summed E-state index contributed by atoms with van der Waals surface area (Å²) in [5.41, 5.74) is 0. The summed E-state index contributed by atoms with van der Waals surface area (Å²) in [4.78, 5) is 71.9. The summed E-state index contributed by atoms with van der Waals surface area (Å²) in [7, 11) is 0. The molecule has 18 nitrogen and oxygen atoms in total. The third-order valence-electron chi connectivity index (χ3n) is 17.2. The van der Waals surface area contributed by atoms with Gasteiger partial charge in [0.1, 0.15) is 30.5 Å². The van der Waals surface area contributed by atoms with Gasteiger partial charge >= 0.3 is 0 Å². The Hall–Kier alpha value is -2.97. The number of nitrogens with zero attached hydrogens (tertiary/aromatic N) is 3. The fourth-order valence-electron chi connectivity index (χ4n) is 11.4. The Morgan fingerprint density at radius 1 is 0.225 bits per heavy atom. The molecule has 89 heavy (non-hydrogen) atoms. The monoisotopic (exact) mass is 1270 g/mol. The van der Waals surface area contributed by atoms with Crippen LogP contribution in [0.4, 0.5) is 0 Å². The molecule has 0 aliphatic rings. The molecule has 526 valence electrons. The normalized spacial score (nSPS) is 13.4. The fraction of sp³-hybridized carbons (Fsp3) is 0.930. The molecule has 5 amide bonds. The molecule has 0 bridgehead atoms. The molecule has 0 rings (SSSR count). The van der Waals surface area contributed by atoms with Gasteiger partial charge in [-0.2, -0.15) is 0 Å². The zero-order valence-corrected chi connectivity index (χ0v) is 58.1. The van der Waals surface area contributed by atoms with Crippen molar-refractivity contribution in [3.63, 3.8) is 0 Å². The standard InChI is InChI=1S/C71H142N8O10/c1-6-11-16-21-26-31-36-41-48-72-67(85)62(80)57-77(53-46-55-78(58-63(81)68(86)73-49-42-37-32-27-22-17-12-7-2)59-64(82)69(87)74-50-43-38-33-28-23-18-13-8-3)54-47-56-79(60-65(83)70(88)75-51-44-39-34-29-24-19-14-9-4)61-66(84)71(89)76-52-45-40-35-30-25-20-15-10-5/h62-66,80-84H,6-61H2,1-5H3,(H,72,85)(H,73,86)(H,74,87)(H,75,88)(H,76,89). The molecule has 0 aliphatic carbocycles. The SMILES string of the molecule is CCCCCCCCCCNC(=O)C(O)CN(CCCN(CC(O)C(=O)NCCCCCCCCCC)CC(O)C(=O)NCCCCCCCCCC)CCCN(CC(O)C(=O)NCCCCCCCCCC)CC(O)C(=O)NCCCCCCCCCC. The molecule has 0 aromatic carbocycles. The van der Waals surface area contributed by atoms with Crippen molar-refractivity contribution in [2.75, 3.05) is 91.6 Å². The molecule has 0 saturated heterocycles. The van der Waals surface area contributed by atoms with Crippen LogP contribution < -0.4 is 26.6 Å². The van der Waals surface area contributed by atoms with Gasteiger partial charge in [-0.3, -0.25) is 33.8 Å². The van der Waals surface area contributed by atoms with Crippen LogP contribution in [0.25, 0.3) is 0 Å². The smallest absolute Gasteiger partial charge is 0.250 e. The van der Waals surface area contributed by atoms with Crippen LogP contribution in [0.1, 0.15) is 304 Å². The first kappa shape index (κ1) is 86.0. The molecule has 0 spiro atoms. The molecule has 0 heterocycles. The third-order valence-corrected chi connectivity index (χ3v) is 17.2. The van der Waals surface area contributed by atoms with Crippen molar-refractivity contribution in [3.05, 3.63) is 0 Å². The molecule has 0 aliphatic heterocycles. The van der Waals surface area contributed by atoms with E-state index in [-0.39, 0.29) is 45.8 Å². The number of unbranched alkanes of at least 4 members (excludes halogenated alkanes) is 35. The van der Waals surface area contributed by atoms with E-state index in [1.54, 1.807) is 9.80 Å². The van der Waals surface area contributed by atoms with Crippen molar-refractivity contribution in [2.24, 2.45) is 0 Å². The van der Waals surface area contributed by atoms with E-state index in [0.29, 0.717) is 58.7 Å². The second-order valence-corrected chi connectivity index (χ2v) is 25.9. The van der Waals surface area contributed by atoms with Crippen molar-refractivity contribution in [1.29, 1.82) is 0 Å². The molecular weight excluding hydrogens is 1120 g/mol. The number of amides is 5. The molecule has 18 heteroatoms. The molecule has 0 aromatic heterocycles. The maximum atomic E-state index is 13.4. The Morgan fingerprint density at radius 2 is 0.371 bits per heavy atom. The van der Waals surface area contributed by atoms with E-state index in [1.807, 2.05) is 4.90 Å². The summed E-state index contributed by atoms with van der Waals surface area (Å²) in [6.45, 7) is 13.9. The van der Waals surface area contributed by atoms with Crippen LogP contribution in [0, 0.1) is 0 Å². The Balaban J connectivity index is 6.34. The van der Waals surface area contributed by atoms with Gasteiger partial charge < -0.3 is 57.0 Å². The van der Waals surface area contributed by atoms with E-state index in [2.05, 4.69) is 61.2 Å². The summed E-state index contributed by atoms with van der Waals surface area (Å²) in [6.07, 6.45) is 38.4. The number of aliphatic hydroxyl groups is 5. The molecule has 0 saturated carbocycles. The minimum atomic E-state index is -1.42. The minimum Gasteiger partial charge on any atom is -0.382 e. The van der Waals surface area contributed by atoms with E-state index in [0.717, 1.165) is 128 Å². The van der Waals surface area contributed by atoms with E-state index in [9.17, 15) is 49.5 Å². The van der Waals surface area contributed by atoms with Crippen LogP contribution in [0.3, 0.4) is 0 Å². The summed E-state index contributed by atoms with van der Waals surface area (Å²) in [5.74, 6) is -2.55. The zero-order chi connectivity index (χ0) is 65.6. The van der Waals surface area contributed by atoms with Crippen LogP contribution in [0.2, 0.25) is 0 Å². The van der Waals surface area contributed by atoms with Crippen molar-refractivity contribution in [1.82, 2.24) is 41.3 Å². The lowest BCUT2D eigenvalue weighted by Gasteiger charge is -2.30. The number of carbonyl (C=O) groups is 5. The Labute approximate surface area is 544 Å².